The Morgan fingerprint density at radius 2 is 2.27 bits per heavy atom. The highest BCUT2D eigenvalue weighted by molar-refractivity contribution is 5.82. The lowest BCUT2D eigenvalue weighted by atomic mass is 10.1. The summed E-state index contributed by atoms with van der Waals surface area (Å²) in [5.41, 5.74) is 0. The average Bonchev–Trinajstić information content (AvgIpc) is 2.62. The second-order valence-electron chi connectivity index (χ2n) is 4.65. The lowest BCUT2D eigenvalue weighted by Gasteiger charge is -2.12. The summed E-state index contributed by atoms with van der Waals surface area (Å²) < 4.78 is 0. The monoisotopic (exact) mass is 209 g/mol. The number of hydrogen-bond donors (Lipinski definition) is 2. The minimum Gasteiger partial charge on any atom is -0.374 e. The first kappa shape index (κ1) is 10.9. The van der Waals surface area contributed by atoms with E-state index in [1.54, 1.807) is 0 Å². The quantitative estimate of drug-likeness (QED) is 0.742. The maximum absolute atomic E-state index is 4.57. The van der Waals surface area contributed by atoms with E-state index in [0.717, 1.165) is 25.6 Å². The number of rotatable bonds is 3. The number of aliphatic imine (C=N–C) groups is 1. The Morgan fingerprint density at radius 3 is 3.13 bits per heavy atom. The van der Waals surface area contributed by atoms with Crippen LogP contribution in [0.2, 0.25) is 0 Å². The summed E-state index contributed by atoms with van der Waals surface area (Å²) >= 11 is 0. The van der Waals surface area contributed by atoms with Gasteiger partial charge in [0.05, 0.1) is 5.84 Å². The van der Waals surface area contributed by atoms with Crippen molar-refractivity contribution in [2.75, 3.05) is 19.6 Å². The first-order valence-electron chi connectivity index (χ1n) is 6.46. The second-order valence-corrected chi connectivity index (χ2v) is 4.65. The molecule has 2 N–H and O–H groups in total. The molecule has 86 valence electrons. The molecule has 1 saturated heterocycles. The van der Waals surface area contributed by atoms with Gasteiger partial charge in [-0.15, -0.1) is 0 Å². The molecule has 2 rings (SSSR count). The summed E-state index contributed by atoms with van der Waals surface area (Å²) in [6.07, 6.45) is 9.05. The molecule has 0 saturated carbocycles. The van der Waals surface area contributed by atoms with Crippen molar-refractivity contribution in [2.45, 2.75) is 51.0 Å². The lowest BCUT2D eigenvalue weighted by Crippen LogP contribution is -2.30. The molecule has 3 nitrogen and oxygen atoms in total. The van der Waals surface area contributed by atoms with Crippen LogP contribution in [-0.2, 0) is 0 Å². The Balaban J connectivity index is 1.61. The van der Waals surface area contributed by atoms with E-state index in [1.165, 1.54) is 50.9 Å². The minimum absolute atomic E-state index is 0.754. The van der Waals surface area contributed by atoms with E-state index in [4.69, 9.17) is 0 Å². The van der Waals surface area contributed by atoms with Gasteiger partial charge in [-0.1, -0.05) is 6.42 Å². The van der Waals surface area contributed by atoms with Crippen molar-refractivity contribution in [1.29, 1.82) is 0 Å². The Kier molecular flexibility index (Phi) is 4.45. The van der Waals surface area contributed by atoms with Crippen LogP contribution in [0.4, 0.5) is 0 Å². The Labute approximate surface area is 92.7 Å². The normalized spacial score (nSPS) is 27.2. The van der Waals surface area contributed by atoms with Crippen LogP contribution < -0.4 is 10.6 Å². The number of hydrogen-bond acceptors (Lipinski definition) is 3. The summed E-state index contributed by atoms with van der Waals surface area (Å²) in [6.45, 7) is 3.34. The fraction of sp³-hybridized carbons (Fsp3) is 0.917. The topological polar surface area (TPSA) is 36.4 Å². The largest absolute Gasteiger partial charge is 0.374 e. The Morgan fingerprint density at radius 1 is 1.27 bits per heavy atom. The van der Waals surface area contributed by atoms with Gasteiger partial charge in [-0.2, -0.15) is 0 Å². The van der Waals surface area contributed by atoms with Crippen LogP contribution in [0.25, 0.3) is 0 Å². The van der Waals surface area contributed by atoms with Crippen molar-refractivity contribution in [3.63, 3.8) is 0 Å². The van der Waals surface area contributed by atoms with Crippen molar-refractivity contribution in [1.82, 2.24) is 10.6 Å². The van der Waals surface area contributed by atoms with Gasteiger partial charge in [-0.3, -0.25) is 4.99 Å². The maximum atomic E-state index is 4.57. The summed E-state index contributed by atoms with van der Waals surface area (Å²) in [7, 11) is 0. The number of nitrogens with zero attached hydrogens (tertiary/aromatic N) is 1. The second kappa shape index (κ2) is 6.11. The molecule has 2 aliphatic rings. The zero-order valence-corrected chi connectivity index (χ0v) is 9.60. The SMILES string of the molecule is C1CCN=C(NCCC2CCCN2)CC1. The van der Waals surface area contributed by atoms with Gasteiger partial charge in [0.2, 0.25) is 0 Å². The van der Waals surface area contributed by atoms with Gasteiger partial charge in [0, 0.05) is 25.6 Å². The van der Waals surface area contributed by atoms with E-state index < -0.39 is 0 Å². The predicted octanol–water partition coefficient (Wildman–Crippen LogP) is 1.69. The maximum Gasteiger partial charge on any atom is 0.0963 e. The van der Waals surface area contributed by atoms with Crippen LogP contribution in [0.3, 0.4) is 0 Å². The highest BCUT2D eigenvalue weighted by Crippen LogP contribution is 2.09. The van der Waals surface area contributed by atoms with Crippen molar-refractivity contribution in [3.8, 4) is 0 Å². The fourth-order valence-corrected chi connectivity index (χ4v) is 2.41. The van der Waals surface area contributed by atoms with E-state index in [0.29, 0.717) is 0 Å². The standard InChI is InChI=1S/C12H23N3/c1-2-6-12(14-8-3-1)15-10-7-11-5-4-9-13-11/h11,13H,1-10H2,(H,14,15). The van der Waals surface area contributed by atoms with Gasteiger partial charge in [-0.25, -0.2) is 0 Å². The molecular weight excluding hydrogens is 186 g/mol. The van der Waals surface area contributed by atoms with Crippen LogP contribution in [0.15, 0.2) is 4.99 Å². The molecule has 2 aliphatic heterocycles. The van der Waals surface area contributed by atoms with Crippen molar-refractivity contribution in [2.24, 2.45) is 4.99 Å². The van der Waals surface area contributed by atoms with E-state index in [-0.39, 0.29) is 0 Å². The Hall–Kier alpha value is -0.570. The van der Waals surface area contributed by atoms with Gasteiger partial charge in [-0.05, 0) is 38.6 Å². The summed E-state index contributed by atoms with van der Waals surface area (Å²) in [5.74, 6) is 1.26. The van der Waals surface area contributed by atoms with Crippen molar-refractivity contribution >= 4 is 5.84 Å². The first-order chi connectivity index (χ1) is 7.45. The van der Waals surface area contributed by atoms with Crippen LogP contribution in [0.1, 0.15) is 44.9 Å². The molecule has 0 radical (unpaired) electrons. The molecule has 0 aliphatic carbocycles. The van der Waals surface area contributed by atoms with Gasteiger partial charge in [0.1, 0.15) is 0 Å². The first-order valence-corrected chi connectivity index (χ1v) is 6.46. The molecule has 0 aromatic carbocycles. The zero-order chi connectivity index (χ0) is 10.3. The molecule has 0 aromatic heterocycles. The number of nitrogens with one attached hydrogen (secondary N) is 2. The third kappa shape index (κ3) is 3.82. The molecule has 1 unspecified atom stereocenters. The summed E-state index contributed by atoms with van der Waals surface area (Å²) in [6, 6.07) is 0.754. The number of amidine groups is 1. The van der Waals surface area contributed by atoms with Gasteiger partial charge in [0.15, 0.2) is 0 Å². The fourth-order valence-electron chi connectivity index (χ4n) is 2.41. The average molecular weight is 209 g/mol. The van der Waals surface area contributed by atoms with Crippen LogP contribution >= 0.6 is 0 Å². The zero-order valence-electron chi connectivity index (χ0n) is 9.60. The van der Waals surface area contributed by atoms with Crippen molar-refractivity contribution < 1.29 is 0 Å². The Bertz CT molecular complexity index is 207. The third-order valence-electron chi connectivity index (χ3n) is 3.36. The van der Waals surface area contributed by atoms with Crippen LogP contribution in [0.5, 0.6) is 0 Å². The minimum atomic E-state index is 0.754. The van der Waals surface area contributed by atoms with Gasteiger partial charge in [0.25, 0.3) is 0 Å². The molecule has 2 heterocycles. The molecule has 3 heteroatoms. The molecule has 0 spiro atoms. The molecule has 0 aromatic rings. The van der Waals surface area contributed by atoms with Crippen molar-refractivity contribution in [3.05, 3.63) is 0 Å². The molecule has 0 bridgehead atoms. The summed E-state index contributed by atoms with van der Waals surface area (Å²) in [5, 5.41) is 7.03. The van der Waals surface area contributed by atoms with E-state index >= 15 is 0 Å². The predicted molar refractivity (Wildman–Crippen MR) is 64.4 cm³/mol. The smallest absolute Gasteiger partial charge is 0.0963 e. The molecule has 15 heavy (non-hydrogen) atoms. The lowest BCUT2D eigenvalue weighted by molar-refractivity contribution is 0.552. The molecule has 1 atom stereocenters. The summed E-state index contributed by atoms with van der Waals surface area (Å²) in [4.78, 5) is 4.57. The van der Waals surface area contributed by atoms with Gasteiger partial charge < -0.3 is 10.6 Å². The van der Waals surface area contributed by atoms with E-state index in [2.05, 4.69) is 15.6 Å². The molecule has 0 amide bonds. The highest BCUT2D eigenvalue weighted by Gasteiger charge is 2.13. The van der Waals surface area contributed by atoms with Gasteiger partial charge >= 0.3 is 0 Å². The molecular formula is C12H23N3. The van der Waals surface area contributed by atoms with Crippen LogP contribution in [-0.4, -0.2) is 31.5 Å². The van der Waals surface area contributed by atoms with Crippen LogP contribution in [0, 0.1) is 0 Å². The van der Waals surface area contributed by atoms with E-state index in [1.807, 2.05) is 0 Å². The third-order valence-corrected chi connectivity index (χ3v) is 3.36. The molecule has 1 fully saturated rings. The van der Waals surface area contributed by atoms with E-state index in [9.17, 15) is 0 Å². The highest BCUT2D eigenvalue weighted by atomic mass is 15.0.